The zero-order chi connectivity index (χ0) is 13.2. The van der Waals surface area contributed by atoms with Crippen LogP contribution < -0.4 is 5.73 Å². The average molecular weight is 257 g/mol. The van der Waals surface area contributed by atoms with Gasteiger partial charge in [0.2, 0.25) is 11.7 Å². The van der Waals surface area contributed by atoms with Gasteiger partial charge in [0.1, 0.15) is 0 Å². The van der Waals surface area contributed by atoms with Gasteiger partial charge in [-0.2, -0.15) is 18.2 Å². The molecule has 2 N–H and O–H groups in total. The summed E-state index contributed by atoms with van der Waals surface area (Å²) < 4.78 is 41.3. The number of benzene rings is 1. The number of hydrogen-bond acceptors (Lipinski definition) is 4. The average Bonchev–Trinajstić information content (AvgIpc) is 2.76. The van der Waals surface area contributed by atoms with Crippen molar-refractivity contribution < 1.29 is 17.7 Å². The zero-order valence-corrected chi connectivity index (χ0v) is 9.24. The van der Waals surface area contributed by atoms with Crippen molar-refractivity contribution in [3.8, 4) is 11.4 Å². The first-order chi connectivity index (χ1) is 8.48. The lowest BCUT2D eigenvalue weighted by Crippen LogP contribution is -2.11. The molecule has 0 saturated carbocycles. The van der Waals surface area contributed by atoms with Crippen LogP contribution in [0.15, 0.2) is 28.8 Å². The predicted octanol–water partition coefficient (Wildman–Crippen LogP) is 2.30. The molecule has 0 aliphatic heterocycles. The Balaban J connectivity index is 2.17. The van der Waals surface area contributed by atoms with Gasteiger partial charge in [-0.1, -0.05) is 29.4 Å². The van der Waals surface area contributed by atoms with E-state index in [-0.39, 0.29) is 18.0 Å². The number of nitrogens with zero attached hydrogens (tertiary/aromatic N) is 2. The van der Waals surface area contributed by atoms with Gasteiger partial charge in [-0.25, -0.2) is 0 Å². The molecule has 96 valence electrons. The molecule has 2 rings (SSSR count). The summed E-state index contributed by atoms with van der Waals surface area (Å²) in [5.41, 5.74) is 6.09. The van der Waals surface area contributed by atoms with E-state index in [9.17, 15) is 13.2 Å². The van der Waals surface area contributed by atoms with Crippen LogP contribution in [0.4, 0.5) is 13.2 Å². The SMILES string of the molecule is NCc1nc(-c2ccc(CC(F)(F)F)cc2)no1. The molecule has 4 nitrogen and oxygen atoms in total. The third-order valence-corrected chi connectivity index (χ3v) is 2.26. The molecule has 7 heteroatoms. The minimum absolute atomic E-state index is 0.124. The second-order valence-electron chi connectivity index (χ2n) is 3.70. The molecule has 0 saturated heterocycles. The van der Waals surface area contributed by atoms with Crippen LogP contribution >= 0.6 is 0 Å². The molecule has 1 heterocycles. The van der Waals surface area contributed by atoms with Crippen LogP contribution in [0.2, 0.25) is 0 Å². The molecule has 0 fully saturated rings. The van der Waals surface area contributed by atoms with Gasteiger partial charge in [0.15, 0.2) is 0 Å². The summed E-state index contributed by atoms with van der Waals surface area (Å²) >= 11 is 0. The summed E-state index contributed by atoms with van der Waals surface area (Å²) in [4.78, 5) is 3.98. The zero-order valence-electron chi connectivity index (χ0n) is 9.24. The number of halogens is 3. The van der Waals surface area contributed by atoms with Gasteiger partial charge >= 0.3 is 6.18 Å². The smallest absolute Gasteiger partial charge is 0.338 e. The topological polar surface area (TPSA) is 64.9 Å². The Kier molecular flexibility index (Phi) is 3.33. The molecule has 0 unspecified atom stereocenters. The molecule has 18 heavy (non-hydrogen) atoms. The third kappa shape index (κ3) is 3.07. The Bertz CT molecular complexity index is 519. The molecule has 0 atom stereocenters. The molecule has 0 aliphatic rings. The Morgan fingerprint density at radius 2 is 1.83 bits per heavy atom. The maximum Gasteiger partial charge on any atom is 0.393 e. The van der Waals surface area contributed by atoms with E-state index in [0.717, 1.165) is 0 Å². The fourth-order valence-electron chi connectivity index (χ4n) is 1.46. The van der Waals surface area contributed by atoms with Crippen molar-refractivity contribution in [1.29, 1.82) is 0 Å². The van der Waals surface area contributed by atoms with Crippen molar-refractivity contribution in [2.45, 2.75) is 19.1 Å². The van der Waals surface area contributed by atoms with Crippen molar-refractivity contribution in [2.75, 3.05) is 0 Å². The summed E-state index contributed by atoms with van der Waals surface area (Å²) in [5.74, 6) is 0.596. The van der Waals surface area contributed by atoms with Crippen LogP contribution in [0.25, 0.3) is 11.4 Å². The summed E-state index contributed by atoms with van der Waals surface area (Å²) in [6, 6.07) is 5.82. The van der Waals surface area contributed by atoms with Crippen molar-refractivity contribution in [3.63, 3.8) is 0 Å². The van der Waals surface area contributed by atoms with Crippen LogP contribution in [-0.4, -0.2) is 16.3 Å². The molecule has 0 bridgehead atoms. The van der Waals surface area contributed by atoms with Gasteiger partial charge in [-0.05, 0) is 5.56 Å². The van der Waals surface area contributed by atoms with Crippen LogP contribution in [0.1, 0.15) is 11.5 Å². The van der Waals surface area contributed by atoms with Crippen molar-refractivity contribution in [2.24, 2.45) is 5.73 Å². The Hall–Kier alpha value is -1.89. The number of hydrogen-bond donors (Lipinski definition) is 1. The molecule has 0 spiro atoms. The lowest BCUT2D eigenvalue weighted by Gasteiger charge is -2.06. The highest BCUT2D eigenvalue weighted by Crippen LogP contribution is 2.23. The monoisotopic (exact) mass is 257 g/mol. The quantitative estimate of drug-likeness (QED) is 0.916. The third-order valence-electron chi connectivity index (χ3n) is 2.26. The molecule has 2 aromatic rings. The first kappa shape index (κ1) is 12.6. The van der Waals surface area contributed by atoms with Crippen molar-refractivity contribution >= 4 is 0 Å². The first-order valence-corrected chi connectivity index (χ1v) is 5.16. The largest absolute Gasteiger partial charge is 0.393 e. The maximum atomic E-state index is 12.2. The van der Waals surface area contributed by atoms with Gasteiger partial charge in [-0.3, -0.25) is 0 Å². The molecule has 0 aliphatic carbocycles. The van der Waals surface area contributed by atoms with Gasteiger partial charge in [0.05, 0.1) is 13.0 Å². The van der Waals surface area contributed by atoms with E-state index < -0.39 is 12.6 Å². The van der Waals surface area contributed by atoms with Crippen LogP contribution in [0.3, 0.4) is 0 Å². The number of alkyl halides is 3. The summed E-state index contributed by atoms with van der Waals surface area (Å²) in [7, 11) is 0. The van der Waals surface area contributed by atoms with E-state index in [0.29, 0.717) is 11.4 Å². The second kappa shape index (κ2) is 4.77. The van der Waals surface area contributed by atoms with E-state index in [1.54, 1.807) is 0 Å². The van der Waals surface area contributed by atoms with Crippen LogP contribution in [0.5, 0.6) is 0 Å². The summed E-state index contributed by atoms with van der Waals surface area (Å²) in [6.45, 7) is 0.124. The highest BCUT2D eigenvalue weighted by Gasteiger charge is 2.27. The van der Waals surface area contributed by atoms with E-state index in [1.807, 2.05) is 0 Å². The molecular weight excluding hydrogens is 247 g/mol. The standard InChI is InChI=1S/C11H10F3N3O/c12-11(13,14)5-7-1-3-8(4-2-7)10-16-9(6-15)18-17-10/h1-4H,5-6,15H2. The van der Waals surface area contributed by atoms with E-state index in [1.165, 1.54) is 24.3 Å². The molecule has 0 radical (unpaired) electrons. The van der Waals surface area contributed by atoms with E-state index >= 15 is 0 Å². The van der Waals surface area contributed by atoms with Crippen LogP contribution in [0, 0.1) is 0 Å². The molecule has 1 aromatic heterocycles. The fourth-order valence-corrected chi connectivity index (χ4v) is 1.46. The lowest BCUT2D eigenvalue weighted by molar-refractivity contribution is -0.127. The Labute approximate surface area is 101 Å². The summed E-state index contributed by atoms with van der Waals surface area (Å²) in [5, 5.41) is 3.67. The van der Waals surface area contributed by atoms with Crippen molar-refractivity contribution in [3.05, 3.63) is 35.7 Å². The lowest BCUT2D eigenvalue weighted by atomic mass is 10.1. The highest BCUT2D eigenvalue weighted by atomic mass is 19.4. The van der Waals surface area contributed by atoms with Gasteiger partial charge in [0.25, 0.3) is 0 Å². The second-order valence-corrected chi connectivity index (χ2v) is 3.70. The molecule has 0 amide bonds. The summed E-state index contributed by atoms with van der Waals surface area (Å²) in [6.07, 6.45) is -5.16. The number of rotatable bonds is 3. The van der Waals surface area contributed by atoms with E-state index in [4.69, 9.17) is 10.3 Å². The van der Waals surface area contributed by atoms with Gasteiger partial charge < -0.3 is 10.3 Å². The normalized spacial score (nSPS) is 11.8. The number of aromatic nitrogens is 2. The minimum atomic E-state index is -4.21. The maximum absolute atomic E-state index is 12.2. The Morgan fingerprint density at radius 3 is 2.33 bits per heavy atom. The highest BCUT2D eigenvalue weighted by molar-refractivity contribution is 5.54. The van der Waals surface area contributed by atoms with Crippen molar-refractivity contribution in [1.82, 2.24) is 10.1 Å². The predicted molar refractivity (Wildman–Crippen MR) is 57.4 cm³/mol. The van der Waals surface area contributed by atoms with E-state index in [2.05, 4.69) is 10.1 Å². The minimum Gasteiger partial charge on any atom is -0.338 e. The van der Waals surface area contributed by atoms with Crippen LogP contribution in [-0.2, 0) is 13.0 Å². The Morgan fingerprint density at radius 1 is 1.17 bits per heavy atom. The molecule has 1 aromatic carbocycles. The van der Waals surface area contributed by atoms with Gasteiger partial charge in [-0.15, -0.1) is 0 Å². The fraction of sp³-hybridized carbons (Fsp3) is 0.273. The van der Waals surface area contributed by atoms with Gasteiger partial charge in [0, 0.05) is 5.56 Å². The molecular formula is C11H10F3N3O. The first-order valence-electron chi connectivity index (χ1n) is 5.16. The number of nitrogens with two attached hydrogens (primary N) is 1.